The lowest BCUT2D eigenvalue weighted by atomic mass is 9.91. The molecule has 0 radical (unpaired) electrons. The molecule has 0 fully saturated rings. The van der Waals surface area contributed by atoms with Crippen LogP contribution in [0.2, 0.25) is 0 Å². The zero-order valence-corrected chi connectivity index (χ0v) is 7.79. The Morgan fingerprint density at radius 3 is 2.83 bits per heavy atom. The van der Waals surface area contributed by atoms with Gasteiger partial charge in [-0.15, -0.1) is 0 Å². The zero-order chi connectivity index (χ0) is 8.81. The van der Waals surface area contributed by atoms with Gasteiger partial charge in [-0.05, 0) is 14.0 Å². The van der Waals surface area contributed by atoms with Gasteiger partial charge in [0, 0.05) is 12.5 Å². The summed E-state index contributed by atoms with van der Waals surface area (Å²) in [6.07, 6.45) is 8.84. The molecular formula is C10H17NO. The second kappa shape index (κ2) is 5.12. The highest BCUT2D eigenvalue weighted by Crippen LogP contribution is 2.22. The van der Waals surface area contributed by atoms with Crippen LogP contribution in [0.5, 0.6) is 0 Å². The Labute approximate surface area is 74.3 Å². The Kier molecular flexibility index (Phi) is 4.05. The SMILES string of the molecule is C/C=C/[C@@H]1C=CC1OCCNC. The van der Waals surface area contributed by atoms with Crippen molar-refractivity contribution in [3.05, 3.63) is 24.3 Å². The first-order valence-corrected chi connectivity index (χ1v) is 4.46. The van der Waals surface area contributed by atoms with Crippen LogP contribution < -0.4 is 5.32 Å². The lowest BCUT2D eigenvalue weighted by molar-refractivity contribution is 0.0591. The van der Waals surface area contributed by atoms with E-state index in [2.05, 4.69) is 29.6 Å². The highest BCUT2D eigenvalue weighted by atomic mass is 16.5. The van der Waals surface area contributed by atoms with Crippen molar-refractivity contribution in [3.8, 4) is 0 Å². The maximum atomic E-state index is 5.58. The van der Waals surface area contributed by atoms with Gasteiger partial charge < -0.3 is 10.1 Å². The molecule has 2 heteroatoms. The topological polar surface area (TPSA) is 21.3 Å². The smallest absolute Gasteiger partial charge is 0.0853 e. The maximum absolute atomic E-state index is 5.58. The van der Waals surface area contributed by atoms with E-state index in [4.69, 9.17) is 4.74 Å². The summed E-state index contributed by atoms with van der Waals surface area (Å²) in [5.74, 6) is 0.506. The standard InChI is InChI=1S/C10H17NO/c1-3-4-9-5-6-10(9)12-8-7-11-2/h3-6,9-11H,7-8H2,1-2H3/b4-3+/t9-,10?/m1/s1. The second-order valence-corrected chi connectivity index (χ2v) is 2.93. The Bertz CT molecular complexity index is 175. The van der Waals surface area contributed by atoms with E-state index in [1.54, 1.807) is 0 Å². The molecule has 0 aromatic carbocycles. The highest BCUT2D eigenvalue weighted by molar-refractivity contribution is 5.18. The number of hydrogen-bond acceptors (Lipinski definition) is 2. The molecule has 0 amide bonds. The van der Waals surface area contributed by atoms with E-state index in [-0.39, 0.29) is 0 Å². The molecule has 2 atom stereocenters. The fourth-order valence-corrected chi connectivity index (χ4v) is 1.19. The van der Waals surface area contributed by atoms with Crippen LogP contribution in [0.3, 0.4) is 0 Å². The van der Waals surface area contributed by atoms with Gasteiger partial charge in [0.2, 0.25) is 0 Å². The van der Waals surface area contributed by atoms with Crippen molar-refractivity contribution >= 4 is 0 Å². The van der Waals surface area contributed by atoms with E-state index < -0.39 is 0 Å². The predicted molar refractivity (Wildman–Crippen MR) is 51.1 cm³/mol. The van der Waals surface area contributed by atoms with E-state index in [9.17, 15) is 0 Å². The molecule has 0 heterocycles. The van der Waals surface area contributed by atoms with E-state index >= 15 is 0 Å². The highest BCUT2D eigenvalue weighted by Gasteiger charge is 2.21. The van der Waals surface area contributed by atoms with Crippen LogP contribution >= 0.6 is 0 Å². The Balaban J connectivity index is 2.14. The Morgan fingerprint density at radius 1 is 1.50 bits per heavy atom. The van der Waals surface area contributed by atoms with Crippen molar-refractivity contribution in [1.82, 2.24) is 5.32 Å². The number of hydrogen-bond donors (Lipinski definition) is 1. The Morgan fingerprint density at radius 2 is 2.33 bits per heavy atom. The summed E-state index contributed by atoms with van der Waals surface area (Å²) >= 11 is 0. The predicted octanol–water partition coefficient (Wildman–Crippen LogP) is 1.35. The molecule has 0 aliphatic heterocycles. The molecular weight excluding hydrogens is 150 g/mol. The third kappa shape index (κ3) is 2.47. The minimum Gasteiger partial charge on any atom is -0.372 e. The molecule has 1 aliphatic carbocycles. The summed E-state index contributed by atoms with van der Waals surface area (Å²) in [5.41, 5.74) is 0. The van der Waals surface area contributed by atoms with Gasteiger partial charge in [0.15, 0.2) is 0 Å². The third-order valence-corrected chi connectivity index (χ3v) is 1.98. The summed E-state index contributed by atoms with van der Waals surface area (Å²) in [6.45, 7) is 3.75. The van der Waals surface area contributed by atoms with Crippen LogP contribution in [0.4, 0.5) is 0 Å². The molecule has 0 aromatic heterocycles. The quantitative estimate of drug-likeness (QED) is 0.493. The van der Waals surface area contributed by atoms with E-state index in [1.165, 1.54) is 0 Å². The molecule has 0 saturated carbocycles. The monoisotopic (exact) mass is 167 g/mol. The van der Waals surface area contributed by atoms with E-state index in [0.717, 1.165) is 13.2 Å². The summed E-state index contributed by atoms with van der Waals surface area (Å²) in [4.78, 5) is 0. The van der Waals surface area contributed by atoms with Crippen molar-refractivity contribution in [1.29, 1.82) is 0 Å². The molecule has 1 N–H and O–H groups in total. The van der Waals surface area contributed by atoms with Gasteiger partial charge in [-0.3, -0.25) is 0 Å². The van der Waals surface area contributed by atoms with Gasteiger partial charge in [0.05, 0.1) is 12.7 Å². The van der Waals surface area contributed by atoms with Crippen LogP contribution in [-0.4, -0.2) is 26.3 Å². The first-order chi connectivity index (χ1) is 5.88. The number of ether oxygens (including phenoxy) is 1. The summed E-state index contributed by atoms with van der Waals surface area (Å²) in [5, 5.41) is 3.05. The normalized spacial score (nSPS) is 27.8. The zero-order valence-electron chi connectivity index (χ0n) is 7.79. The Hall–Kier alpha value is -0.600. The summed E-state index contributed by atoms with van der Waals surface area (Å²) in [6, 6.07) is 0. The molecule has 0 bridgehead atoms. The lowest BCUT2D eigenvalue weighted by Crippen LogP contribution is -2.29. The minimum absolute atomic E-state index is 0.314. The van der Waals surface area contributed by atoms with Crippen LogP contribution in [0, 0.1) is 5.92 Å². The van der Waals surface area contributed by atoms with Gasteiger partial charge in [-0.2, -0.15) is 0 Å². The van der Waals surface area contributed by atoms with Crippen LogP contribution in [0.1, 0.15) is 6.92 Å². The first kappa shape index (κ1) is 9.49. The largest absolute Gasteiger partial charge is 0.372 e. The summed E-state index contributed by atoms with van der Waals surface area (Å²) in [7, 11) is 1.93. The average Bonchev–Trinajstić information content (AvgIpc) is 2.06. The first-order valence-electron chi connectivity index (χ1n) is 4.46. The van der Waals surface area contributed by atoms with Gasteiger partial charge in [0.25, 0.3) is 0 Å². The number of rotatable bonds is 5. The molecule has 0 spiro atoms. The van der Waals surface area contributed by atoms with Crippen molar-refractivity contribution in [2.45, 2.75) is 13.0 Å². The maximum Gasteiger partial charge on any atom is 0.0853 e. The fraction of sp³-hybridized carbons (Fsp3) is 0.600. The van der Waals surface area contributed by atoms with Crippen molar-refractivity contribution in [3.63, 3.8) is 0 Å². The molecule has 12 heavy (non-hydrogen) atoms. The van der Waals surface area contributed by atoms with Crippen LogP contribution in [0.25, 0.3) is 0 Å². The lowest BCUT2D eigenvalue weighted by Gasteiger charge is -2.26. The molecule has 2 nitrogen and oxygen atoms in total. The number of nitrogens with one attached hydrogen (secondary N) is 1. The van der Waals surface area contributed by atoms with Crippen molar-refractivity contribution in [2.24, 2.45) is 5.92 Å². The summed E-state index contributed by atoms with van der Waals surface area (Å²) < 4.78 is 5.58. The molecule has 0 aromatic rings. The average molecular weight is 167 g/mol. The van der Waals surface area contributed by atoms with Crippen LogP contribution in [-0.2, 0) is 4.74 Å². The molecule has 68 valence electrons. The van der Waals surface area contributed by atoms with Gasteiger partial charge in [0.1, 0.15) is 0 Å². The molecule has 0 saturated heterocycles. The van der Waals surface area contributed by atoms with Crippen molar-refractivity contribution < 1.29 is 4.74 Å². The number of likely N-dealkylation sites (N-methyl/N-ethyl adjacent to an activating group) is 1. The van der Waals surface area contributed by atoms with Gasteiger partial charge in [-0.1, -0.05) is 24.3 Å². The second-order valence-electron chi connectivity index (χ2n) is 2.93. The molecule has 1 rings (SSSR count). The van der Waals surface area contributed by atoms with Crippen LogP contribution in [0.15, 0.2) is 24.3 Å². The molecule has 1 aliphatic rings. The number of allylic oxidation sites excluding steroid dienone is 1. The minimum atomic E-state index is 0.314. The van der Waals surface area contributed by atoms with E-state index in [0.29, 0.717) is 12.0 Å². The van der Waals surface area contributed by atoms with Gasteiger partial charge in [-0.25, -0.2) is 0 Å². The molecule has 1 unspecified atom stereocenters. The van der Waals surface area contributed by atoms with Crippen molar-refractivity contribution in [2.75, 3.05) is 20.2 Å². The fourth-order valence-electron chi connectivity index (χ4n) is 1.19. The van der Waals surface area contributed by atoms with E-state index in [1.807, 2.05) is 14.0 Å². The van der Waals surface area contributed by atoms with Gasteiger partial charge >= 0.3 is 0 Å². The third-order valence-electron chi connectivity index (χ3n) is 1.98.